The summed E-state index contributed by atoms with van der Waals surface area (Å²) in [5.41, 5.74) is 2.10. The van der Waals surface area contributed by atoms with Gasteiger partial charge in [-0.2, -0.15) is 0 Å². The second kappa shape index (κ2) is 7.46. The molecule has 2 aromatic carbocycles. The number of aliphatic hydroxyl groups is 1. The minimum absolute atomic E-state index is 0.142. The fourth-order valence-electron chi connectivity index (χ4n) is 2.51. The van der Waals surface area contributed by atoms with E-state index in [1.807, 2.05) is 68.7 Å². The quantitative estimate of drug-likeness (QED) is 0.861. The highest BCUT2D eigenvalue weighted by Gasteiger charge is 2.25. The summed E-state index contributed by atoms with van der Waals surface area (Å²) < 4.78 is 0. The molecule has 2 rings (SSSR count). The Balaban J connectivity index is 2.34. The van der Waals surface area contributed by atoms with Crippen molar-refractivity contribution in [2.45, 2.75) is 12.1 Å². The maximum atomic E-state index is 10.5. The van der Waals surface area contributed by atoms with E-state index in [0.717, 1.165) is 11.3 Å². The van der Waals surface area contributed by atoms with Crippen molar-refractivity contribution in [3.63, 3.8) is 0 Å². The SMILES string of the molecule is CNC[C@@H](O)[C@H](c1ccc(Cl)cc1)N(C)c1ccccc1. The highest BCUT2D eigenvalue weighted by Crippen LogP contribution is 2.29. The summed E-state index contributed by atoms with van der Waals surface area (Å²) in [7, 11) is 3.83. The molecule has 0 heterocycles. The summed E-state index contributed by atoms with van der Waals surface area (Å²) in [5, 5.41) is 14.3. The van der Waals surface area contributed by atoms with Crippen LogP contribution in [0.1, 0.15) is 11.6 Å². The Morgan fingerprint density at radius 1 is 1.10 bits per heavy atom. The molecule has 0 aliphatic heterocycles. The van der Waals surface area contributed by atoms with Crippen LogP contribution < -0.4 is 10.2 Å². The van der Waals surface area contributed by atoms with E-state index < -0.39 is 6.10 Å². The van der Waals surface area contributed by atoms with Gasteiger partial charge in [0.2, 0.25) is 0 Å². The fourth-order valence-corrected chi connectivity index (χ4v) is 2.63. The number of para-hydroxylation sites is 1. The van der Waals surface area contributed by atoms with E-state index in [2.05, 4.69) is 10.2 Å². The van der Waals surface area contributed by atoms with Crippen LogP contribution >= 0.6 is 11.6 Å². The molecule has 0 fully saturated rings. The summed E-state index contributed by atoms with van der Waals surface area (Å²) in [6, 6.07) is 17.5. The first-order chi connectivity index (χ1) is 10.1. The fraction of sp³-hybridized carbons (Fsp3) is 0.294. The van der Waals surface area contributed by atoms with Crippen molar-refractivity contribution in [1.29, 1.82) is 0 Å². The van der Waals surface area contributed by atoms with E-state index in [9.17, 15) is 5.11 Å². The number of likely N-dealkylation sites (N-methyl/N-ethyl adjacent to an activating group) is 2. The standard InChI is InChI=1S/C17H21ClN2O/c1-19-12-16(21)17(13-8-10-14(18)11-9-13)20(2)15-6-4-3-5-7-15/h3-11,16-17,19,21H,12H2,1-2H3/t16-,17+/m1/s1. The van der Waals surface area contributed by atoms with Crippen LogP contribution in [0.4, 0.5) is 5.69 Å². The van der Waals surface area contributed by atoms with Crippen molar-refractivity contribution < 1.29 is 5.11 Å². The van der Waals surface area contributed by atoms with Crippen molar-refractivity contribution >= 4 is 17.3 Å². The predicted molar refractivity (Wildman–Crippen MR) is 89.0 cm³/mol. The summed E-state index contributed by atoms with van der Waals surface area (Å²) in [5.74, 6) is 0. The number of halogens is 1. The minimum Gasteiger partial charge on any atom is -0.389 e. The molecule has 4 heteroatoms. The average Bonchev–Trinajstić information content (AvgIpc) is 2.50. The van der Waals surface area contributed by atoms with E-state index in [-0.39, 0.29) is 6.04 Å². The van der Waals surface area contributed by atoms with Gasteiger partial charge in [0.15, 0.2) is 0 Å². The molecule has 0 aromatic heterocycles. The van der Waals surface area contributed by atoms with Gasteiger partial charge in [-0.3, -0.25) is 0 Å². The van der Waals surface area contributed by atoms with Gasteiger partial charge in [0, 0.05) is 24.3 Å². The number of rotatable bonds is 6. The van der Waals surface area contributed by atoms with Crippen molar-refractivity contribution in [3.8, 4) is 0 Å². The first-order valence-electron chi connectivity index (χ1n) is 6.99. The van der Waals surface area contributed by atoms with Crippen LogP contribution in [0.2, 0.25) is 5.02 Å². The molecule has 0 radical (unpaired) electrons. The first-order valence-corrected chi connectivity index (χ1v) is 7.37. The maximum absolute atomic E-state index is 10.5. The normalized spacial score (nSPS) is 13.7. The molecule has 2 aromatic rings. The van der Waals surface area contributed by atoms with Crippen LogP contribution in [0.3, 0.4) is 0 Å². The van der Waals surface area contributed by atoms with Gasteiger partial charge in [-0.15, -0.1) is 0 Å². The molecule has 0 spiro atoms. The molecule has 21 heavy (non-hydrogen) atoms. The largest absolute Gasteiger partial charge is 0.389 e. The van der Waals surface area contributed by atoms with Crippen LogP contribution in [0, 0.1) is 0 Å². The Morgan fingerprint density at radius 2 is 1.71 bits per heavy atom. The first kappa shape index (κ1) is 15.8. The van der Waals surface area contributed by atoms with Gasteiger partial charge < -0.3 is 15.3 Å². The Kier molecular flexibility index (Phi) is 5.62. The lowest BCUT2D eigenvalue weighted by Crippen LogP contribution is -2.39. The second-order valence-electron chi connectivity index (χ2n) is 5.07. The molecule has 0 saturated carbocycles. The number of benzene rings is 2. The van der Waals surface area contributed by atoms with Gasteiger partial charge in [-0.1, -0.05) is 41.9 Å². The van der Waals surface area contributed by atoms with E-state index in [1.54, 1.807) is 0 Å². The maximum Gasteiger partial charge on any atom is 0.0909 e. The third-order valence-electron chi connectivity index (χ3n) is 3.57. The van der Waals surface area contributed by atoms with E-state index in [1.165, 1.54) is 0 Å². The smallest absolute Gasteiger partial charge is 0.0909 e. The lowest BCUT2D eigenvalue weighted by Gasteiger charge is -2.34. The number of nitrogens with one attached hydrogen (secondary N) is 1. The molecule has 112 valence electrons. The minimum atomic E-state index is -0.526. The van der Waals surface area contributed by atoms with Crippen LogP contribution in [0.5, 0.6) is 0 Å². The molecule has 2 N–H and O–H groups in total. The van der Waals surface area contributed by atoms with Crippen molar-refractivity contribution in [3.05, 3.63) is 65.2 Å². The third-order valence-corrected chi connectivity index (χ3v) is 3.82. The van der Waals surface area contributed by atoms with Gasteiger partial charge >= 0.3 is 0 Å². The van der Waals surface area contributed by atoms with Crippen LogP contribution in [-0.2, 0) is 0 Å². The molecule has 0 unspecified atom stereocenters. The molecule has 0 aliphatic rings. The molecule has 0 bridgehead atoms. The Morgan fingerprint density at radius 3 is 2.29 bits per heavy atom. The van der Waals surface area contributed by atoms with Crippen LogP contribution in [0.15, 0.2) is 54.6 Å². The number of hydrogen-bond donors (Lipinski definition) is 2. The predicted octanol–water partition coefficient (Wildman–Crippen LogP) is 3.10. The van der Waals surface area contributed by atoms with Crippen LogP contribution in [0.25, 0.3) is 0 Å². The molecular weight excluding hydrogens is 284 g/mol. The molecule has 0 amide bonds. The molecular formula is C17H21ClN2O. The van der Waals surface area contributed by atoms with Crippen LogP contribution in [-0.4, -0.2) is 31.9 Å². The van der Waals surface area contributed by atoms with Crippen molar-refractivity contribution in [2.75, 3.05) is 25.5 Å². The Hall–Kier alpha value is -1.55. The Bertz CT molecular complexity index is 544. The number of anilines is 1. The van der Waals surface area contributed by atoms with Crippen molar-refractivity contribution in [2.24, 2.45) is 0 Å². The number of aliphatic hydroxyl groups excluding tert-OH is 1. The van der Waals surface area contributed by atoms with Crippen molar-refractivity contribution in [1.82, 2.24) is 5.32 Å². The summed E-state index contributed by atoms with van der Waals surface area (Å²) in [6.45, 7) is 0.518. The van der Waals surface area contributed by atoms with Gasteiger partial charge in [0.1, 0.15) is 0 Å². The second-order valence-corrected chi connectivity index (χ2v) is 5.50. The molecule has 3 nitrogen and oxygen atoms in total. The highest BCUT2D eigenvalue weighted by atomic mass is 35.5. The van der Waals surface area contributed by atoms with Gasteiger partial charge in [0.05, 0.1) is 12.1 Å². The lowest BCUT2D eigenvalue weighted by atomic mass is 9.99. The summed E-state index contributed by atoms with van der Waals surface area (Å²) in [4.78, 5) is 2.09. The zero-order valence-corrected chi connectivity index (χ0v) is 13.1. The Labute approximate surface area is 131 Å². The van der Waals surface area contributed by atoms with E-state index >= 15 is 0 Å². The van der Waals surface area contributed by atoms with E-state index in [0.29, 0.717) is 11.6 Å². The monoisotopic (exact) mass is 304 g/mol. The van der Waals surface area contributed by atoms with Gasteiger partial charge in [-0.25, -0.2) is 0 Å². The average molecular weight is 305 g/mol. The zero-order chi connectivity index (χ0) is 15.2. The van der Waals surface area contributed by atoms with Gasteiger partial charge in [-0.05, 0) is 36.9 Å². The zero-order valence-electron chi connectivity index (χ0n) is 12.3. The topological polar surface area (TPSA) is 35.5 Å². The van der Waals surface area contributed by atoms with Gasteiger partial charge in [0.25, 0.3) is 0 Å². The number of hydrogen-bond acceptors (Lipinski definition) is 3. The molecule has 0 aliphatic carbocycles. The molecule has 2 atom stereocenters. The highest BCUT2D eigenvalue weighted by molar-refractivity contribution is 6.30. The lowest BCUT2D eigenvalue weighted by molar-refractivity contribution is 0.142. The third kappa shape index (κ3) is 3.97. The number of nitrogens with zero attached hydrogens (tertiary/aromatic N) is 1. The molecule has 0 saturated heterocycles. The van der Waals surface area contributed by atoms with E-state index in [4.69, 9.17) is 11.6 Å². The summed E-state index contributed by atoms with van der Waals surface area (Å²) >= 11 is 5.97. The summed E-state index contributed by atoms with van der Waals surface area (Å²) in [6.07, 6.45) is -0.526.